The molecule has 0 spiro atoms. The van der Waals surface area contributed by atoms with Crippen LogP contribution in [0.25, 0.3) is 11.3 Å². The highest BCUT2D eigenvalue weighted by atomic mass is 16.5. The van der Waals surface area contributed by atoms with Gasteiger partial charge < -0.3 is 9.15 Å². The van der Waals surface area contributed by atoms with Crippen molar-refractivity contribution in [1.82, 2.24) is 4.98 Å². The van der Waals surface area contributed by atoms with Crippen LogP contribution in [0.4, 0.5) is 0 Å². The molecule has 1 aliphatic rings. The molecule has 0 bridgehead atoms. The largest absolute Gasteiger partial charge is 0.455 e. The average molecular weight is 325 g/mol. The monoisotopic (exact) mass is 325 g/mol. The predicted octanol–water partition coefficient (Wildman–Crippen LogP) is 4.62. The SMILES string of the molecule is CC(C)=C[C@H]1[C@@H](C(=O)OCc2ncc(-c3ccccc3)o2)C1(C)C. The van der Waals surface area contributed by atoms with Crippen molar-refractivity contribution in [2.75, 3.05) is 0 Å². The first-order valence-corrected chi connectivity index (χ1v) is 8.21. The fourth-order valence-corrected chi connectivity index (χ4v) is 3.13. The summed E-state index contributed by atoms with van der Waals surface area (Å²) in [6.45, 7) is 8.37. The molecule has 0 aliphatic heterocycles. The van der Waals surface area contributed by atoms with Crippen molar-refractivity contribution in [2.24, 2.45) is 17.3 Å². The van der Waals surface area contributed by atoms with Gasteiger partial charge in [0.05, 0.1) is 12.1 Å². The molecule has 0 radical (unpaired) electrons. The van der Waals surface area contributed by atoms with Crippen molar-refractivity contribution in [3.8, 4) is 11.3 Å². The van der Waals surface area contributed by atoms with Crippen LogP contribution < -0.4 is 0 Å². The van der Waals surface area contributed by atoms with Crippen molar-refractivity contribution in [3.63, 3.8) is 0 Å². The lowest BCUT2D eigenvalue weighted by molar-refractivity contribution is -0.148. The van der Waals surface area contributed by atoms with E-state index in [0.717, 1.165) is 5.56 Å². The minimum absolute atomic E-state index is 0.0415. The van der Waals surface area contributed by atoms with Gasteiger partial charge in [-0.25, -0.2) is 4.98 Å². The van der Waals surface area contributed by atoms with E-state index in [2.05, 4.69) is 38.8 Å². The van der Waals surface area contributed by atoms with Crippen molar-refractivity contribution >= 4 is 5.97 Å². The first-order chi connectivity index (χ1) is 11.4. The number of benzene rings is 1. The number of carbonyl (C=O) groups is 1. The Morgan fingerprint density at radius 2 is 2.00 bits per heavy atom. The maximum absolute atomic E-state index is 12.3. The maximum Gasteiger partial charge on any atom is 0.310 e. The second-order valence-electron chi connectivity index (χ2n) is 7.16. The molecule has 126 valence electrons. The van der Waals surface area contributed by atoms with E-state index in [1.807, 2.05) is 30.3 Å². The smallest absolute Gasteiger partial charge is 0.310 e. The van der Waals surface area contributed by atoms with Crippen LogP contribution in [0, 0.1) is 17.3 Å². The third-order valence-electron chi connectivity index (χ3n) is 4.63. The van der Waals surface area contributed by atoms with Crippen LogP contribution in [0.2, 0.25) is 0 Å². The van der Waals surface area contributed by atoms with Crippen LogP contribution in [-0.4, -0.2) is 11.0 Å². The number of rotatable bonds is 5. The van der Waals surface area contributed by atoms with Gasteiger partial charge in [0, 0.05) is 5.56 Å². The molecule has 24 heavy (non-hydrogen) atoms. The van der Waals surface area contributed by atoms with E-state index in [4.69, 9.17) is 9.15 Å². The summed E-state index contributed by atoms with van der Waals surface area (Å²) in [6.07, 6.45) is 3.82. The third kappa shape index (κ3) is 3.28. The molecule has 4 nitrogen and oxygen atoms in total. The number of aromatic nitrogens is 1. The lowest BCUT2D eigenvalue weighted by atomic mass is 10.1. The predicted molar refractivity (Wildman–Crippen MR) is 91.9 cm³/mol. The Labute approximate surface area is 142 Å². The Balaban J connectivity index is 1.60. The third-order valence-corrected chi connectivity index (χ3v) is 4.63. The number of ether oxygens (including phenoxy) is 1. The summed E-state index contributed by atoms with van der Waals surface area (Å²) in [6, 6.07) is 9.73. The summed E-state index contributed by atoms with van der Waals surface area (Å²) in [7, 11) is 0. The van der Waals surface area contributed by atoms with Crippen LogP contribution in [0.5, 0.6) is 0 Å². The summed E-state index contributed by atoms with van der Waals surface area (Å²) < 4.78 is 11.1. The summed E-state index contributed by atoms with van der Waals surface area (Å²) in [5.74, 6) is 1.08. The number of hydrogen-bond acceptors (Lipinski definition) is 4. The van der Waals surface area contributed by atoms with Gasteiger partial charge in [-0.05, 0) is 25.2 Å². The Morgan fingerprint density at radius 3 is 2.67 bits per heavy atom. The summed E-state index contributed by atoms with van der Waals surface area (Å²) in [4.78, 5) is 16.5. The first-order valence-electron chi connectivity index (χ1n) is 8.21. The van der Waals surface area contributed by atoms with Crippen molar-refractivity contribution in [1.29, 1.82) is 0 Å². The molecule has 2 aromatic rings. The second-order valence-corrected chi connectivity index (χ2v) is 7.16. The van der Waals surface area contributed by atoms with Gasteiger partial charge in [0.1, 0.15) is 0 Å². The van der Waals surface area contributed by atoms with Gasteiger partial charge in [-0.15, -0.1) is 0 Å². The number of esters is 1. The Bertz CT molecular complexity index is 754. The molecule has 1 aliphatic carbocycles. The van der Waals surface area contributed by atoms with E-state index in [1.165, 1.54) is 5.57 Å². The second kappa shape index (κ2) is 6.27. The molecule has 3 rings (SSSR count). The Morgan fingerprint density at radius 1 is 1.29 bits per heavy atom. The fraction of sp³-hybridized carbons (Fsp3) is 0.400. The topological polar surface area (TPSA) is 52.3 Å². The molecule has 4 heteroatoms. The summed E-state index contributed by atoms with van der Waals surface area (Å²) in [5, 5.41) is 0. The average Bonchev–Trinajstić information content (AvgIpc) is 2.90. The molecule has 1 aromatic heterocycles. The summed E-state index contributed by atoms with van der Waals surface area (Å²) >= 11 is 0. The standard InChI is InChI=1S/C20H23NO3/c1-13(2)10-15-18(20(15,3)4)19(22)23-12-17-21-11-16(24-17)14-8-6-5-7-9-14/h5-11,15,18H,12H2,1-4H3/t15-,18-/m0/s1. The van der Waals surface area contributed by atoms with E-state index in [1.54, 1.807) is 6.20 Å². The molecular weight excluding hydrogens is 302 g/mol. The number of hydrogen-bond donors (Lipinski definition) is 0. The zero-order chi connectivity index (χ0) is 17.3. The van der Waals surface area contributed by atoms with Crippen molar-refractivity contribution < 1.29 is 13.9 Å². The van der Waals surface area contributed by atoms with Crippen LogP contribution in [-0.2, 0) is 16.1 Å². The Kier molecular flexibility index (Phi) is 4.31. The van der Waals surface area contributed by atoms with Gasteiger partial charge in [-0.2, -0.15) is 0 Å². The molecule has 1 aromatic carbocycles. The van der Waals surface area contributed by atoms with Crippen LogP contribution >= 0.6 is 0 Å². The van der Waals surface area contributed by atoms with E-state index in [9.17, 15) is 4.79 Å². The highest BCUT2D eigenvalue weighted by molar-refractivity contribution is 5.78. The maximum atomic E-state index is 12.3. The van der Waals surface area contributed by atoms with Crippen LogP contribution in [0.15, 0.2) is 52.6 Å². The zero-order valence-corrected chi connectivity index (χ0v) is 14.6. The van der Waals surface area contributed by atoms with Crippen LogP contribution in [0.3, 0.4) is 0 Å². The van der Waals surface area contributed by atoms with Gasteiger partial charge >= 0.3 is 5.97 Å². The van der Waals surface area contributed by atoms with Gasteiger partial charge in [-0.1, -0.05) is 55.8 Å². The number of carbonyl (C=O) groups excluding carboxylic acids is 1. The van der Waals surface area contributed by atoms with E-state index in [0.29, 0.717) is 11.7 Å². The first kappa shape index (κ1) is 16.5. The van der Waals surface area contributed by atoms with Crippen molar-refractivity contribution in [2.45, 2.75) is 34.3 Å². The molecule has 1 heterocycles. The number of allylic oxidation sites excluding steroid dienone is 2. The minimum Gasteiger partial charge on any atom is -0.455 e. The van der Waals surface area contributed by atoms with Gasteiger partial charge in [-0.3, -0.25) is 4.79 Å². The molecule has 0 unspecified atom stereocenters. The van der Waals surface area contributed by atoms with Gasteiger partial charge in [0.2, 0.25) is 5.89 Å². The van der Waals surface area contributed by atoms with Crippen LogP contribution in [0.1, 0.15) is 33.6 Å². The number of oxazole rings is 1. The molecule has 1 saturated carbocycles. The van der Waals surface area contributed by atoms with Gasteiger partial charge in [0.25, 0.3) is 0 Å². The minimum atomic E-state index is -0.179. The lowest BCUT2D eigenvalue weighted by Gasteiger charge is -2.03. The van der Waals surface area contributed by atoms with Gasteiger partial charge in [0.15, 0.2) is 12.4 Å². The van der Waals surface area contributed by atoms with E-state index < -0.39 is 0 Å². The summed E-state index contributed by atoms with van der Waals surface area (Å²) in [5.41, 5.74) is 2.14. The highest BCUT2D eigenvalue weighted by Crippen LogP contribution is 2.59. The molecule has 2 atom stereocenters. The molecule has 0 saturated heterocycles. The zero-order valence-electron chi connectivity index (χ0n) is 14.6. The van der Waals surface area contributed by atoms with E-state index in [-0.39, 0.29) is 29.8 Å². The fourth-order valence-electron chi connectivity index (χ4n) is 3.13. The van der Waals surface area contributed by atoms with Crippen molar-refractivity contribution in [3.05, 3.63) is 54.1 Å². The number of nitrogens with zero attached hydrogens (tertiary/aromatic N) is 1. The normalized spacial score (nSPS) is 21.2. The molecule has 0 N–H and O–H groups in total. The highest BCUT2D eigenvalue weighted by Gasteiger charge is 2.61. The van der Waals surface area contributed by atoms with E-state index >= 15 is 0 Å². The molecule has 0 amide bonds. The lowest BCUT2D eigenvalue weighted by Crippen LogP contribution is -2.10. The Hall–Kier alpha value is -2.36. The quantitative estimate of drug-likeness (QED) is 0.594. The molecular formula is C20H23NO3. The molecule has 1 fully saturated rings.